The SMILES string of the molecule is c1ccc2c(c#1)oc1cc(-c3cc(-c4ccc(-c5ccccc5)cc4)ncn3)ccc12. The molecule has 6 aromatic rings. The number of hydrogen-bond donors (Lipinski definition) is 0. The van der Waals surface area contributed by atoms with Gasteiger partial charge in [0.05, 0.1) is 11.4 Å². The first-order chi connectivity index (χ1) is 15.3. The van der Waals surface area contributed by atoms with Gasteiger partial charge < -0.3 is 4.42 Å². The second-order valence-corrected chi connectivity index (χ2v) is 7.39. The zero-order chi connectivity index (χ0) is 20.6. The number of benzene rings is 3. The molecular formula is C28H16N2O. The van der Waals surface area contributed by atoms with Gasteiger partial charge in [0.2, 0.25) is 0 Å². The molecule has 144 valence electrons. The number of nitrogens with zero attached hydrogens (tertiary/aromatic N) is 2. The summed E-state index contributed by atoms with van der Waals surface area (Å²) in [5.74, 6) is 0. The third kappa shape index (κ3) is 3.11. The molecule has 0 spiro atoms. The molecule has 0 aliphatic heterocycles. The van der Waals surface area contributed by atoms with E-state index in [2.05, 4.69) is 82.8 Å². The highest BCUT2D eigenvalue weighted by molar-refractivity contribution is 6.05. The summed E-state index contributed by atoms with van der Waals surface area (Å²) in [5, 5.41) is 2.11. The highest BCUT2D eigenvalue weighted by Gasteiger charge is 2.10. The molecule has 0 unspecified atom stereocenters. The summed E-state index contributed by atoms with van der Waals surface area (Å²) in [6, 6.07) is 36.8. The highest BCUT2D eigenvalue weighted by Crippen LogP contribution is 2.32. The fraction of sp³-hybridized carbons (Fsp3) is 0. The molecule has 3 nitrogen and oxygen atoms in total. The first-order valence-electron chi connectivity index (χ1n) is 10.1. The van der Waals surface area contributed by atoms with Gasteiger partial charge in [0.1, 0.15) is 11.9 Å². The molecule has 0 atom stereocenters. The average Bonchev–Trinajstić information content (AvgIpc) is 3.23. The van der Waals surface area contributed by atoms with Crippen LogP contribution in [0, 0.1) is 12.1 Å². The van der Waals surface area contributed by atoms with Gasteiger partial charge in [0.15, 0.2) is 5.58 Å². The van der Waals surface area contributed by atoms with Crippen molar-refractivity contribution in [2.45, 2.75) is 0 Å². The van der Waals surface area contributed by atoms with Crippen LogP contribution in [0.4, 0.5) is 0 Å². The molecule has 0 radical (unpaired) electrons. The second kappa shape index (κ2) is 7.12. The molecule has 0 N–H and O–H groups in total. The molecule has 0 bridgehead atoms. The van der Waals surface area contributed by atoms with E-state index in [1.54, 1.807) is 6.33 Å². The zero-order valence-corrected chi connectivity index (χ0v) is 16.5. The summed E-state index contributed by atoms with van der Waals surface area (Å²) in [4.78, 5) is 8.99. The van der Waals surface area contributed by atoms with Crippen molar-refractivity contribution in [1.29, 1.82) is 0 Å². The fourth-order valence-electron chi connectivity index (χ4n) is 3.90. The van der Waals surface area contributed by atoms with Crippen molar-refractivity contribution < 1.29 is 4.42 Å². The molecule has 0 saturated heterocycles. The van der Waals surface area contributed by atoms with Gasteiger partial charge in [-0.15, -0.1) is 0 Å². The lowest BCUT2D eigenvalue weighted by Crippen LogP contribution is -1.89. The van der Waals surface area contributed by atoms with Gasteiger partial charge >= 0.3 is 0 Å². The van der Waals surface area contributed by atoms with E-state index >= 15 is 0 Å². The Morgan fingerprint density at radius 3 is 2.16 bits per heavy atom. The van der Waals surface area contributed by atoms with E-state index < -0.39 is 0 Å². The number of aromatic nitrogens is 2. The van der Waals surface area contributed by atoms with Crippen molar-refractivity contribution in [2.24, 2.45) is 0 Å². The van der Waals surface area contributed by atoms with E-state index in [-0.39, 0.29) is 0 Å². The third-order valence-electron chi connectivity index (χ3n) is 5.50. The summed E-state index contributed by atoms with van der Waals surface area (Å²) >= 11 is 0. The van der Waals surface area contributed by atoms with E-state index in [0.717, 1.165) is 44.5 Å². The Morgan fingerprint density at radius 2 is 1.32 bits per heavy atom. The van der Waals surface area contributed by atoms with Crippen LogP contribution < -0.4 is 0 Å². The number of hydrogen-bond acceptors (Lipinski definition) is 3. The van der Waals surface area contributed by atoms with Crippen molar-refractivity contribution >= 4 is 21.9 Å². The van der Waals surface area contributed by atoms with Crippen molar-refractivity contribution in [3.05, 3.63) is 109 Å². The van der Waals surface area contributed by atoms with Crippen LogP contribution in [0.3, 0.4) is 0 Å². The normalized spacial score (nSPS) is 11.0. The van der Waals surface area contributed by atoms with Crippen LogP contribution in [0.2, 0.25) is 0 Å². The first-order valence-corrected chi connectivity index (χ1v) is 10.1. The lowest BCUT2D eigenvalue weighted by molar-refractivity contribution is 0.669. The van der Waals surface area contributed by atoms with Crippen molar-refractivity contribution in [1.82, 2.24) is 9.97 Å². The third-order valence-corrected chi connectivity index (χ3v) is 5.50. The van der Waals surface area contributed by atoms with Gasteiger partial charge in [0.25, 0.3) is 0 Å². The molecule has 0 aliphatic carbocycles. The predicted molar refractivity (Wildman–Crippen MR) is 123 cm³/mol. The van der Waals surface area contributed by atoms with E-state index in [4.69, 9.17) is 4.42 Å². The standard InChI is InChI=1S/C28H16N2O/c1-2-6-19(7-3-1)20-10-12-21(13-11-20)25-17-26(30-18-29-25)22-14-15-24-23-8-4-5-9-27(23)31-28(24)16-22/h1-4,6-8,10-18H. The monoisotopic (exact) mass is 396 g/mol. The number of furan rings is 1. The van der Waals surface area contributed by atoms with Gasteiger partial charge in [-0.25, -0.2) is 9.97 Å². The van der Waals surface area contributed by atoms with E-state index in [1.807, 2.05) is 30.3 Å². The summed E-state index contributed by atoms with van der Waals surface area (Å²) < 4.78 is 5.95. The lowest BCUT2D eigenvalue weighted by atomic mass is 10.0. The number of rotatable bonds is 3. The highest BCUT2D eigenvalue weighted by atomic mass is 16.3. The summed E-state index contributed by atoms with van der Waals surface area (Å²) in [6.45, 7) is 0. The second-order valence-electron chi connectivity index (χ2n) is 7.39. The van der Waals surface area contributed by atoms with Crippen LogP contribution >= 0.6 is 0 Å². The summed E-state index contributed by atoms with van der Waals surface area (Å²) in [5.41, 5.74) is 7.70. The smallest absolute Gasteiger partial charge is 0.185 e. The maximum atomic E-state index is 5.95. The topological polar surface area (TPSA) is 38.9 Å². The Hall–Kier alpha value is -4.42. The van der Waals surface area contributed by atoms with Crippen LogP contribution in [-0.4, -0.2) is 9.97 Å². The molecule has 2 heterocycles. The lowest BCUT2D eigenvalue weighted by Gasteiger charge is -2.06. The predicted octanol–water partition coefficient (Wildman–Crippen LogP) is 6.98. The molecule has 6 rings (SSSR count). The molecule has 4 aromatic carbocycles. The average molecular weight is 396 g/mol. The molecule has 2 aromatic heterocycles. The maximum absolute atomic E-state index is 5.95. The van der Waals surface area contributed by atoms with Gasteiger partial charge in [-0.2, -0.15) is 0 Å². The molecular weight excluding hydrogens is 380 g/mol. The van der Waals surface area contributed by atoms with Crippen LogP contribution in [0.1, 0.15) is 0 Å². The summed E-state index contributed by atoms with van der Waals surface area (Å²) in [7, 11) is 0. The molecule has 0 fully saturated rings. The quantitative estimate of drug-likeness (QED) is 0.324. The van der Waals surface area contributed by atoms with E-state index in [9.17, 15) is 0 Å². The minimum absolute atomic E-state index is 0.719. The summed E-state index contributed by atoms with van der Waals surface area (Å²) in [6.07, 6.45) is 1.61. The molecule has 0 saturated carbocycles. The minimum Gasteiger partial charge on any atom is -0.447 e. The molecule has 0 aliphatic rings. The van der Waals surface area contributed by atoms with E-state index in [1.165, 1.54) is 11.1 Å². The largest absolute Gasteiger partial charge is 0.447 e. The number of fused-ring (bicyclic) bond motifs is 3. The Morgan fingerprint density at radius 1 is 0.613 bits per heavy atom. The van der Waals surface area contributed by atoms with Crippen LogP contribution in [0.25, 0.3) is 55.6 Å². The Bertz CT molecular complexity index is 1520. The molecule has 0 amide bonds. The fourth-order valence-corrected chi connectivity index (χ4v) is 3.90. The Labute approximate surface area is 179 Å². The van der Waals surface area contributed by atoms with Gasteiger partial charge in [-0.1, -0.05) is 66.7 Å². The van der Waals surface area contributed by atoms with Gasteiger partial charge in [-0.3, -0.25) is 0 Å². The van der Waals surface area contributed by atoms with Crippen LogP contribution in [0.15, 0.2) is 102 Å². The molecule has 3 heteroatoms. The molecule has 31 heavy (non-hydrogen) atoms. The van der Waals surface area contributed by atoms with Crippen LogP contribution in [-0.2, 0) is 0 Å². The van der Waals surface area contributed by atoms with Gasteiger partial charge in [-0.05, 0) is 47.5 Å². The Kier molecular flexibility index (Phi) is 4.01. The van der Waals surface area contributed by atoms with Crippen LogP contribution in [0.5, 0.6) is 0 Å². The van der Waals surface area contributed by atoms with E-state index in [0.29, 0.717) is 0 Å². The first kappa shape index (κ1) is 17.4. The maximum Gasteiger partial charge on any atom is 0.185 e. The van der Waals surface area contributed by atoms with Crippen molar-refractivity contribution in [3.63, 3.8) is 0 Å². The Balaban J connectivity index is 1.37. The van der Waals surface area contributed by atoms with Crippen molar-refractivity contribution in [2.75, 3.05) is 0 Å². The van der Waals surface area contributed by atoms with Crippen molar-refractivity contribution in [3.8, 4) is 33.6 Å². The van der Waals surface area contributed by atoms with Gasteiger partial charge in [0, 0.05) is 21.9 Å². The zero-order valence-electron chi connectivity index (χ0n) is 16.5. The minimum atomic E-state index is 0.719.